The number of halogens is 3. The Hall–Kier alpha value is -2.41. The summed E-state index contributed by atoms with van der Waals surface area (Å²) in [6, 6.07) is 9.01. The van der Waals surface area contributed by atoms with E-state index in [-0.39, 0.29) is 12.1 Å². The summed E-state index contributed by atoms with van der Waals surface area (Å²) in [6.45, 7) is 0.392. The largest absolute Gasteiger partial charge is 0.493 e. The lowest BCUT2D eigenvalue weighted by Gasteiger charge is -2.17. The smallest absolute Gasteiger partial charge is 0.416 e. The van der Waals surface area contributed by atoms with Gasteiger partial charge in [-0.2, -0.15) is 13.2 Å². The van der Waals surface area contributed by atoms with Gasteiger partial charge in [0.15, 0.2) is 11.5 Å². The van der Waals surface area contributed by atoms with E-state index in [1.165, 1.54) is 33.5 Å². The second-order valence-electron chi connectivity index (χ2n) is 5.25. The van der Waals surface area contributed by atoms with Crippen LogP contribution in [0.3, 0.4) is 0 Å². The molecule has 0 aliphatic rings. The zero-order valence-corrected chi connectivity index (χ0v) is 14.2. The molecule has 2 aromatic carbocycles. The fourth-order valence-electron chi connectivity index (χ4n) is 2.59. The van der Waals surface area contributed by atoms with Crippen molar-refractivity contribution < 1.29 is 27.4 Å². The number of rotatable bonds is 7. The maximum absolute atomic E-state index is 13.0. The van der Waals surface area contributed by atoms with Crippen LogP contribution in [0.15, 0.2) is 36.4 Å². The molecule has 0 radical (unpaired) electrons. The van der Waals surface area contributed by atoms with Gasteiger partial charge in [-0.25, -0.2) is 0 Å². The van der Waals surface area contributed by atoms with Gasteiger partial charge in [0.1, 0.15) is 0 Å². The number of nitrogens with one attached hydrogen (secondary N) is 1. The minimum atomic E-state index is -4.38. The standard InChI is InChI=1S/C18H20F3NO3/c1-23-15-9-8-13(16(24-2)17(15)25-3)11-22-10-12-6-4-5-7-14(12)18(19,20)21/h4-9,22H,10-11H2,1-3H3. The molecule has 0 atom stereocenters. The zero-order valence-electron chi connectivity index (χ0n) is 14.2. The van der Waals surface area contributed by atoms with E-state index >= 15 is 0 Å². The molecule has 4 nitrogen and oxygen atoms in total. The molecule has 2 rings (SSSR count). The van der Waals surface area contributed by atoms with Crippen LogP contribution in [0.1, 0.15) is 16.7 Å². The highest BCUT2D eigenvalue weighted by molar-refractivity contribution is 5.55. The van der Waals surface area contributed by atoms with Crippen molar-refractivity contribution in [3.05, 3.63) is 53.1 Å². The van der Waals surface area contributed by atoms with E-state index in [1.807, 2.05) is 0 Å². The number of methoxy groups -OCH3 is 3. The Kier molecular flexibility index (Phi) is 6.14. The third kappa shape index (κ3) is 4.36. The first-order chi connectivity index (χ1) is 11.9. The van der Waals surface area contributed by atoms with Crippen LogP contribution in [0.2, 0.25) is 0 Å². The summed E-state index contributed by atoms with van der Waals surface area (Å²) in [5, 5.41) is 3.02. The van der Waals surface area contributed by atoms with Gasteiger partial charge in [0.2, 0.25) is 5.75 Å². The molecule has 2 aromatic rings. The summed E-state index contributed by atoms with van der Waals surface area (Å²) in [5.74, 6) is 1.45. The predicted octanol–water partition coefficient (Wildman–Crippen LogP) is 4.02. The van der Waals surface area contributed by atoms with Crippen molar-refractivity contribution in [3.8, 4) is 17.2 Å². The molecule has 0 spiro atoms. The van der Waals surface area contributed by atoms with Crippen molar-refractivity contribution in [2.45, 2.75) is 19.3 Å². The fourth-order valence-corrected chi connectivity index (χ4v) is 2.59. The van der Waals surface area contributed by atoms with Gasteiger partial charge in [0.05, 0.1) is 26.9 Å². The molecule has 0 heterocycles. The van der Waals surface area contributed by atoms with Gasteiger partial charge in [-0.15, -0.1) is 0 Å². The highest BCUT2D eigenvalue weighted by atomic mass is 19.4. The monoisotopic (exact) mass is 355 g/mol. The molecule has 0 aliphatic heterocycles. The molecule has 0 bridgehead atoms. The van der Waals surface area contributed by atoms with E-state index in [0.717, 1.165) is 11.6 Å². The maximum atomic E-state index is 13.0. The van der Waals surface area contributed by atoms with Crippen LogP contribution in [0.25, 0.3) is 0 Å². The van der Waals surface area contributed by atoms with Crippen LogP contribution >= 0.6 is 0 Å². The first kappa shape index (κ1) is 18.9. The minimum absolute atomic E-state index is 0.0766. The Morgan fingerprint density at radius 1 is 0.800 bits per heavy atom. The number of hydrogen-bond donors (Lipinski definition) is 1. The highest BCUT2D eigenvalue weighted by Gasteiger charge is 2.32. The molecule has 0 amide bonds. The molecule has 0 aliphatic carbocycles. The Labute approximate surface area is 144 Å². The average Bonchev–Trinajstić information content (AvgIpc) is 2.60. The first-order valence-electron chi connectivity index (χ1n) is 7.56. The lowest BCUT2D eigenvalue weighted by Crippen LogP contribution is -2.17. The van der Waals surface area contributed by atoms with E-state index in [4.69, 9.17) is 14.2 Å². The lowest BCUT2D eigenvalue weighted by molar-refractivity contribution is -0.138. The number of ether oxygens (including phenoxy) is 3. The highest BCUT2D eigenvalue weighted by Crippen LogP contribution is 2.39. The van der Waals surface area contributed by atoms with E-state index < -0.39 is 11.7 Å². The molecule has 7 heteroatoms. The summed E-state index contributed by atoms with van der Waals surface area (Å²) in [4.78, 5) is 0. The SMILES string of the molecule is COc1ccc(CNCc2ccccc2C(F)(F)F)c(OC)c1OC. The molecule has 25 heavy (non-hydrogen) atoms. The predicted molar refractivity (Wildman–Crippen MR) is 88.1 cm³/mol. The van der Waals surface area contributed by atoms with Crippen molar-refractivity contribution >= 4 is 0 Å². The van der Waals surface area contributed by atoms with Gasteiger partial charge in [0, 0.05) is 18.7 Å². The van der Waals surface area contributed by atoms with Crippen molar-refractivity contribution in [3.63, 3.8) is 0 Å². The molecule has 0 saturated carbocycles. The summed E-state index contributed by atoms with van der Waals surface area (Å²) < 4.78 is 54.9. The molecular weight excluding hydrogens is 335 g/mol. The number of benzene rings is 2. The van der Waals surface area contributed by atoms with Gasteiger partial charge in [-0.1, -0.05) is 24.3 Å². The Balaban J connectivity index is 2.16. The summed E-state index contributed by atoms with van der Waals surface area (Å²) >= 11 is 0. The van der Waals surface area contributed by atoms with Gasteiger partial charge < -0.3 is 19.5 Å². The Morgan fingerprint density at radius 2 is 1.44 bits per heavy atom. The molecule has 136 valence electrons. The van der Waals surface area contributed by atoms with E-state index in [9.17, 15) is 13.2 Å². The summed E-state index contributed by atoms with van der Waals surface area (Å²) in [6.07, 6.45) is -4.38. The number of alkyl halides is 3. The second-order valence-corrected chi connectivity index (χ2v) is 5.25. The van der Waals surface area contributed by atoms with E-state index in [0.29, 0.717) is 23.8 Å². The average molecular weight is 355 g/mol. The summed E-state index contributed by atoms with van der Waals surface area (Å²) in [7, 11) is 4.51. The van der Waals surface area contributed by atoms with Crippen molar-refractivity contribution in [2.75, 3.05) is 21.3 Å². The third-order valence-electron chi connectivity index (χ3n) is 3.74. The minimum Gasteiger partial charge on any atom is -0.493 e. The molecule has 1 N–H and O–H groups in total. The van der Waals surface area contributed by atoms with Gasteiger partial charge in [-0.05, 0) is 17.7 Å². The fraction of sp³-hybridized carbons (Fsp3) is 0.333. The Morgan fingerprint density at radius 3 is 2.04 bits per heavy atom. The summed E-state index contributed by atoms with van der Waals surface area (Å²) in [5.41, 5.74) is 0.306. The van der Waals surface area contributed by atoms with Crippen LogP contribution in [0.5, 0.6) is 17.2 Å². The number of hydrogen-bond acceptors (Lipinski definition) is 4. The normalized spacial score (nSPS) is 11.3. The van der Waals surface area contributed by atoms with Crippen molar-refractivity contribution in [2.24, 2.45) is 0 Å². The third-order valence-corrected chi connectivity index (χ3v) is 3.74. The maximum Gasteiger partial charge on any atom is 0.416 e. The molecular formula is C18H20F3NO3. The van der Waals surface area contributed by atoms with E-state index in [2.05, 4.69) is 5.32 Å². The Bertz CT molecular complexity index is 717. The van der Waals surface area contributed by atoms with Crippen LogP contribution < -0.4 is 19.5 Å². The lowest BCUT2D eigenvalue weighted by atomic mass is 10.1. The van der Waals surface area contributed by atoms with Crippen LogP contribution in [-0.2, 0) is 19.3 Å². The van der Waals surface area contributed by atoms with E-state index in [1.54, 1.807) is 18.2 Å². The molecule has 0 fully saturated rings. The first-order valence-corrected chi connectivity index (χ1v) is 7.56. The van der Waals surface area contributed by atoms with Crippen LogP contribution in [0, 0.1) is 0 Å². The molecule has 0 saturated heterocycles. The van der Waals surface area contributed by atoms with Crippen LogP contribution in [0.4, 0.5) is 13.2 Å². The molecule has 0 unspecified atom stereocenters. The van der Waals surface area contributed by atoms with Crippen molar-refractivity contribution in [1.82, 2.24) is 5.32 Å². The molecule has 0 aromatic heterocycles. The zero-order chi connectivity index (χ0) is 18.4. The van der Waals surface area contributed by atoms with Crippen molar-refractivity contribution in [1.29, 1.82) is 0 Å². The second kappa shape index (κ2) is 8.11. The quantitative estimate of drug-likeness (QED) is 0.814. The van der Waals surface area contributed by atoms with Crippen LogP contribution in [-0.4, -0.2) is 21.3 Å². The van der Waals surface area contributed by atoms with Gasteiger partial charge in [0.25, 0.3) is 0 Å². The topological polar surface area (TPSA) is 39.7 Å². The van der Waals surface area contributed by atoms with Gasteiger partial charge in [-0.3, -0.25) is 0 Å². The van der Waals surface area contributed by atoms with Gasteiger partial charge >= 0.3 is 6.18 Å².